The highest BCUT2D eigenvalue weighted by molar-refractivity contribution is 7.90. The predicted molar refractivity (Wildman–Crippen MR) is 76.4 cm³/mol. The molecular weight excluding hydrogens is 312 g/mol. The first-order valence-electron chi connectivity index (χ1n) is 6.19. The zero-order valence-electron chi connectivity index (χ0n) is 12.2. The van der Waals surface area contributed by atoms with Crippen LogP contribution in [0.5, 0.6) is 0 Å². The predicted octanol–water partition coefficient (Wildman–Crippen LogP) is -0.197. The first-order valence-corrected chi connectivity index (χ1v) is 7.68. The lowest BCUT2D eigenvalue weighted by atomic mass is 10.2. The van der Waals surface area contributed by atoms with Crippen molar-refractivity contribution in [1.82, 2.24) is 10.0 Å². The summed E-state index contributed by atoms with van der Waals surface area (Å²) < 4.78 is 30.5. The van der Waals surface area contributed by atoms with Crippen LogP contribution < -0.4 is 10.0 Å². The molecule has 1 atom stereocenters. The van der Waals surface area contributed by atoms with Crippen LogP contribution in [-0.2, 0) is 24.3 Å². The Kier molecular flexibility index (Phi) is 5.63. The molecule has 0 aliphatic rings. The zero-order chi connectivity index (χ0) is 16.9. The second-order valence-electron chi connectivity index (χ2n) is 4.41. The average Bonchev–Trinajstić information content (AvgIpc) is 2.45. The summed E-state index contributed by atoms with van der Waals surface area (Å²) in [4.78, 5) is 33.7. The Hall–Kier alpha value is -2.42. The van der Waals surface area contributed by atoms with Crippen LogP contribution in [-0.4, -0.2) is 39.4 Å². The number of nitrogens with one attached hydrogen (secondary N) is 2. The molecule has 1 rings (SSSR count). The van der Waals surface area contributed by atoms with Gasteiger partial charge in [-0.3, -0.25) is 9.59 Å². The normalized spacial score (nSPS) is 12.1. The number of hydrogen-bond acceptors (Lipinski definition) is 6. The lowest BCUT2D eigenvalue weighted by molar-refractivity contribution is -0.126. The van der Waals surface area contributed by atoms with E-state index in [9.17, 15) is 22.8 Å². The van der Waals surface area contributed by atoms with Crippen LogP contribution in [0.15, 0.2) is 29.2 Å². The number of hydrogen-bond donors (Lipinski definition) is 2. The Morgan fingerprint density at radius 3 is 2.41 bits per heavy atom. The van der Waals surface area contributed by atoms with Crippen LogP contribution in [0.4, 0.5) is 0 Å². The van der Waals surface area contributed by atoms with E-state index in [2.05, 4.69) is 10.1 Å². The number of benzene rings is 1. The first kappa shape index (κ1) is 17.6. The van der Waals surface area contributed by atoms with E-state index in [1.54, 1.807) is 0 Å². The minimum Gasteiger partial charge on any atom is -0.465 e. The van der Waals surface area contributed by atoms with Crippen molar-refractivity contribution in [1.29, 1.82) is 0 Å². The standard InChI is InChI=1S/C13H16N2O6S/c1-8(14-9(2)16)12(17)15-22(19,20)11-6-4-5-10(7-11)13(18)21-3/h4-8H,1-3H3,(H,14,16)(H,15,17)/t8-/m1/s1. The molecule has 8 nitrogen and oxygen atoms in total. The van der Waals surface area contributed by atoms with Crippen LogP contribution in [0.2, 0.25) is 0 Å². The van der Waals surface area contributed by atoms with E-state index in [-0.39, 0.29) is 10.5 Å². The summed E-state index contributed by atoms with van der Waals surface area (Å²) in [5.74, 6) is -2.05. The van der Waals surface area contributed by atoms with Gasteiger partial charge in [0.15, 0.2) is 0 Å². The molecular formula is C13H16N2O6S. The summed E-state index contributed by atoms with van der Waals surface area (Å²) in [5, 5.41) is 2.27. The molecule has 0 unspecified atom stereocenters. The van der Waals surface area contributed by atoms with E-state index in [0.29, 0.717) is 0 Å². The Bertz CT molecular complexity index is 698. The number of amides is 2. The van der Waals surface area contributed by atoms with Gasteiger partial charge in [-0.2, -0.15) is 0 Å². The maximum absolute atomic E-state index is 12.1. The third-order valence-corrected chi connectivity index (χ3v) is 3.96. The molecule has 120 valence electrons. The van der Waals surface area contributed by atoms with Gasteiger partial charge in [-0.25, -0.2) is 17.9 Å². The Morgan fingerprint density at radius 2 is 1.86 bits per heavy atom. The van der Waals surface area contributed by atoms with Crippen molar-refractivity contribution in [3.63, 3.8) is 0 Å². The maximum Gasteiger partial charge on any atom is 0.337 e. The minimum atomic E-state index is -4.16. The van der Waals surface area contributed by atoms with Crippen LogP contribution in [0, 0.1) is 0 Å². The van der Waals surface area contributed by atoms with Gasteiger partial charge in [0, 0.05) is 6.92 Å². The van der Waals surface area contributed by atoms with E-state index in [4.69, 9.17) is 0 Å². The molecule has 0 aliphatic heterocycles. The third kappa shape index (κ3) is 4.55. The number of carbonyl (C=O) groups excluding carboxylic acids is 3. The summed E-state index contributed by atoms with van der Waals surface area (Å²) in [5.41, 5.74) is 0.0349. The molecule has 9 heteroatoms. The van der Waals surface area contributed by atoms with Crippen LogP contribution in [0.1, 0.15) is 24.2 Å². The molecule has 0 saturated carbocycles. The molecule has 0 aliphatic carbocycles. The Labute approximate surface area is 127 Å². The third-order valence-electron chi connectivity index (χ3n) is 2.61. The molecule has 0 fully saturated rings. The van der Waals surface area contributed by atoms with Crippen molar-refractivity contribution >= 4 is 27.8 Å². The van der Waals surface area contributed by atoms with Crippen molar-refractivity contribution in [2.24, 2.45) is 0 Å². The molecule has 0 aromatic heterocycles. The largest absolute Gasteiger partial charge is 0.465 e. The molecule has 0 bridgehead atoms. The molecule has 1 aromatic rings. The van der Waals surface area contributed by atoms with Crippen molar-refractivity contribution in [2.75, 3.05) is 7.11 Å². The van der Waals surface area contributed by atoms with Gasteiger partial charge in [0.1, 0.15) is 6.04 Å². The summed E-state index contributed by atoms with van der Waals surface area (Å²) in [6, 6.07) is 4.03. The van der Waals surface area contributed by atoms with Gasteiger partial charge in [0.2, 0.25) is 5.91 Å². The number of rotatable bonds is 5. The van der Waals surface area contributed by atoms with Crippen molar-refractivity contribution in [2.45, 2.75) is 24.8 Å². The fourth-order valence-corrected chi connectivity index (χ4v) is 2.66. The molecule has 0 saturated heterocycles. The number of ether oxygens (including phenoxy) is 1. The van der Waals surface area contributed by atoms with Crippen LogP contribution >= 0.6 is 0 Å². The van der Waals surface area contributed by atoms with Crippen molar-refractivity contribution < 1.29 is 27.5 Å². The van der Waals surface area contributed by atoms with E-state index in [1.807, 2.05) is 4.72 Å². The molecule has 1 aromatic carbocycles. The number of sulfonamides is 1. The average molecular weight is 328 g/mol. The second-order valence-corrected chi connectivity index (χ2v) is 6.09. The quantitative estimate of drug-likeness (QED) is 0.723. The second kappa shape index (κ2) is 7.03. The van der Waals surface area contributed by atoms with Gasteiger partial charge in [-0.05, 0) is 25.1 Å². The monoisotopic (exact) mass is 328 g/mol. The fraction of sp³-hybridized carbons (Fsp3) is 0.308. The minimum absolute atomic E-state index is 0.0349. The summed E-state index contributed by atoms with van der Waals surface area (Å²) in [7, 11) is -3.00. The van der Waals surface area contributed by atoms with Gasteiger partial charge in [0.25, 0.3) is 15.9 Å². The highest BCUT2D eigenvalue weighted by Crippen LogP contribution is 2.12. The topological polar surface area (TPSA) is 119 Å². The van der Waals surface area contributed by atoms with Gasteiger partial charge >= 0.3 is 5.97 Å². The van der Waals surface area contributed by atoms with E-state index in [0.717, 1.165) is 6.07 Å². The molecule has 0 heterocycles. The summed E-state index contributed by atoms with van der Waals surface area (Å²) in [6.45, 7) is 2.55. The highest BCUT2D eigenvalue weighted by Gasteiger charge is 2.23. The number of esters is 1. The van der Waals surface area contributed by atoms with Crippen molar-refractivity contribution in [3.8, 4) is 0 Å². The smallest absolute Gasteiger partial charge is 0.337 e. The molecule has 2 N–H and O–H groups in total. The lowest BCUT2D eigenvalue weighted by Crippen LogP contribution is -2.46. The van der Waals surface area contributed by atoms with E-state index >= 15 is 0 Å². The SMILES string of the molecule is COC(=O)c1cccc(S(=O)(=O)NC(=O)[C@@H](C)NC(C)=O)c1. The van der Waals surface area contributed by atoms with Gasteiger partial charge in [0.05, 0.1) is 17.6 Å². The van der Waals surface area contributed by atoms with E-state index < -0.39 is 33.8 Å². The molecule has 0 radical (unpaired) electrons. The molecule has 2 amide bonds. The Balaban J connectivity index is 2.98. The van der Waals surface area contributed by atoms with Gasteiger partial charge < -0.3 is 10.1 Å². The molecule has 22 heavy (non-hydrogen) atoms. The number of methoxy groups -OCH3 is 1. The Morgan fingerprint density at radius 1 is 1.23 bits per heavy atom. The summed E-state index contributed by atoms with van der Waals surface area (Å²) >= 11 is 0. The van der Waals surface area contributed by atoms with Gasteiger partial charge in [-0.15, -0.1) is 0 Å². The lowest BCUT2D eigenvalue weighted by Gasteiger charge is -2.13. The highest BCUT2D eigenvalue weighted by atomic mass is 32.2. The molecule has 0 spiro atoms. The first-order chi connectivity index (χ1) is 10.2. The van der Waals surface area contributed by atoms with Crippen LogP contribution in [0.3, 0.4) is 0 Å². The fourth-order valence-electron chi connectivity index (χ4n) is 1.56. The van der Waals surface area contributed by atoms with Crippen LogP contribution in [0.25, 0.3) is 0 Å². The zero-order valence-corrected chi connectivity index (χ0v) is 13.1. The number of carbonyl (C=O) groups is 3. The van der Waals surface area contributed by atoms with E-state index in [1.165, 1.54) is 39.2 Å². The maximum atomic E-state index is 12.1. The van der Waals surface area contributed by atoms with Gasteiger partial charge in [-0.1, -0.05) is 6.07 Å². The summed E-state index contributed by atoms with van der Waals surface area (Å²) in [6.07, 6.45) is 0. The van der Waals surface area contributed by atoms with Crippen molar-refractivity contribution in [3.05, 3.63) is 29.8 Å².